The highest BCUT2D eigenvalue weighted by Gasteiger charge is 2.52. The number of esters is 2. The van der Waals surface area contributed by atoms with Crippen LogP contribution in [0, 0.1) is 48.5 Å². The Morgan fingerprint density at radius 1 is 0.401 bits per heavy atom. The Balaban J connectivity index is 0.000000143. The molecule has 8 heterocycles. The smallest absolute Gasteiger partial charge is 0.479 e. The SMILES string of the molecule is CCOC(=O)[C@@H](OC(C)(C)C)c1c(C)cc2nc(-c3ccc4nc(C)n(C)c4c3)sc2c1-c1ccc(Cl)cc1.CCOC(=O)[C@@H](OC(C)(C)C)c1c(C)cc2nc(Br)sc2c1-c1ccc(Cl)cc1.Cc1cc2nc(-c3ccc4nc(C)n(C)c4c3)sc2c(-c2ccc(Cl)cc2)c1[C@H](OC(C)(C)C)C(=O)O.Cc1nc2ccc(B3OC(C)(C)C(C)(C)O3)cc2n1C.Cc1nc2ccc(Br)cc2n1C. The van der Waals surface area contributed by atoms with E-state index in [4.69, 9.17) is 77.8 Å². The van der Waals surface area contributed by atoms with Crippen molar-refractivity contribution in [2.45, 2.75) is 199 Å². The highest BCUT2D eigenvalue weighted by atomic mass is 79.9. The van der Waals surface area contributed by atoms with Crippen molar-refractivity contribution >= 4 is 206 Å². The van der Waals surface area contributed by atoms with Crippen LogP contribution in [0.1, 0.15) is 179 Å². The molecule has 0 aliphatic carbocycles. The summed E-state index contributed by atoms with van der Waals surface area (Å²) < 4.78 is 54.8. The maximum absolute atomic E-state index is 13.3. The lowest BCUT2D eigenvalue weighted by Crippen LogP contribution is -2.41. The summed E-state index contributed by atoms with van der Waals surface area (Å²) in [4.78, 5) is 71.6. The molecule has 1 saturated heterocycles. The molecule has 1 aliphatic heterocycles. The molecule has 31 heteroatoms. The van der Waals surface area contributed by atoms with Crippen LogP contribution < -0.4 is 5.46 Å². The molecule has 0 bridgehead atoms. The number of benzene rings is 10. The molecule has 0 unspecified atom stereocenters. The number of halogens is 5. The zero-order chi connectivity index (χ0) is 99.5. The minimum atomic E-state index is -1.14. The number of aryl methyl sites for hydroxylation is 11. The van der Waals surface area contributed by atoms with Crippen molar-refractivity contribution in [3.63, 3.8) is 0 Å². The number of carboxylic acid groups (broad SMARTS) is 1. The molecular formula is C106H113BBr2Cl3N11O11S3. The van der Waals surface area contributed by atoms with Crippen LogP contribution in [0.25, 0.3) is 129 Å². The molecule has 7 aromatic heterocycles. The summed E-state index contributed by atoms with van der Waals surface area (Å²) in [6.45, 7) is 43.5. The quantitative estimate of drug-likeness (QED) is 0.0657. The van der Waals surface area contributed by atoms with Crippen molar-refractivity contribution < 1.29 is 52.5 Å². The van der Waals surface area contributed by atoms with E-state index in [-0.39, 0.29) is 31.5 Å². The molecule has 0 amide bonds. The van der Waals surface area contributed by atoms with Crippen LogP contribution in [0.15, 0.2) is 172 Å². The summed E-state index contributed by atoms with van der Waals surface area (Å²) in [5.74, 6) is 2.11. The molecule has 0 saturated carbocycles. The number of hydrogen-bond acceptors (Lipinski definition) is 20. The topological polar surface area (TPSA) is 246 Å². The Morgan fingerprint density at radius 3 is 1.04 bits per heavy atom. The van der Waals surface area contributed by atoms with Gasteiger partial charge in [0.1, 0.15) is 33.3 Å². The first kappa shape index (κ1) is 103. The first-order valence-corrected chi connectivity index (χ1v) is 50.2. The van der Waals surface area contributed by atoms with Crippen molar-refractivity contribution in [2.75, 3.05) is 13.2 Å². The number of imidazole rings is 4. The number of thiazole rings is 3. The zero-order valence-corrected chi connectivity index (χ0v) is 89.8. The molecule has 10 aromatic carbocycles. The van der Waals surface area contributed by atoms with Crippen LogP contribution in [-0.4, -0.2) is 125 Å². The normalized spacial score (nSPS) is 13.9. The van der Waals surface area contributed by atoms with Gasteiger partial charge in [-0.3, -0.25) is 0 Å². The van der Waals surface area contributed by atoms with E-state index in [0.29, 0.717) is 20.6 Å². The highest BCUT2D eigenvalue weighted by Crippen LogP contribution is 2.50. The molecule has 22 nitrogen and oxygen atoms in total. The summed E-state index contributed by atoms with van der Waals surface area (Å²) in [5, 5.41) is 13.9. The Bertz CT molecular complexity index is 7430. The minimum Gasteiger partial charge on any atom is -0.479 e. The standard InChI is InChI=1S/C31H32ClN3O3S.C29H28ClN3O3S.C22H23BrClNO3S.C15H21BN2O2.C9H9BrN2/c1-8-37-30(36)27(38-31(4,5)6)25-17(2)15-23-28(26(25)19-9-12-21(32)13-10-19)39-29(34-23)20-11-14-22-24(16-20)35(7)18(3)33-22;1-15-13-21-26(37-27(32-21)18-9-12-20-22(14-18)33(6)16(2)31-20)24(17-7-10-19(30)11-8-17)23(15)25(28(34)35)36-29(3,4)5;1-6-27-20(26)18(28-22(3,4)5)16-12(2)11-15-19(29-21(23)25-15)17(16)13-7-9-14(24)10-8-13;1-10-17-12-8-7-11(9-13(12)18(10)6)16-19-14(2,3)15(4,5)20-16;1-6-11-8-4-3-7(10)5-9(8)12(6)2/h9-16,27H,8H2,1-7H3;7-14,25H,1-6H3,(H,34,35);7-11,18H,6H2,1-5H3;7-9H,1-6H3;3-5H,1-2H3/t27-;25-;18-;;/m000../s1. The van der Waals surface area contributed by atoms with Gasteiger partial charge in [-0.05, 0) is 328 Å². The van der Waals surface area contributed by atoms with E-state index >= 15 is 0 Å². The van der Waals surface area contributed by atoms with E-state index in [1.54, 1.807) is 36.5 Å². The average molecular weight is 2090 g/mol. The summed E-state index contributed by atoms with van der Waals surface area (Å²) in [6, 6.07) is 53.4. The number of aromatic nitrogens is 11. The zero-order valence-electron chi connectivity index (χ0n) is 81.9. The van der Waals surface area contributed by atoms with Gasteiger partial charge >= 0.3 is 25.0 Å². The highest BCUT2D eigenvalue weighted by molar-refractivity contribution is 9.11. The Hall–Kier alpha value is -10.1. The van der Waals surface area contributed by atoms with Crippen LogP contribution in [0.5, 0.6) is 0 Å². The number of ether oxygens (including phenoxy) is 5. The Kier molecular flexibility index (Phi) is 30.7. The molecule has 18 rings (SSSR count). The van der Waals surface area contributed by atoms with Gasteiger partial charge in [0.2, 0.25) is 0 Å². The third kappa shape index (κ3) is 22.7. The monoisotopic (exact) mass is 2090 g/mol. The molecule has 17 aromatic rings. The van der Waals surface area contributed by atoms with Crippen LogP contribution in [0.4, 0.5) is 0 Å². The van der Waals surface area contributed by atoms with Gasteiger partial charge in [0.25, 0.3) is 0 Å². The lowest BCUT2D eigenvalue weighted by Gasteiger charge is -2.32. The van der Waals surface area contributed by atoms with Gasteiger partial charge in [-0.2, -0.15) is 0 Å². The Labute approximate surface area is 843 Å². The van der Waals surface area contributed by atoms with Crippen molar-refractivity contribution in [3.05, 3.63) is 244 Å². The average Bonchev–Trinajstić information content (AvgIpc) is 1.61. The molecule has 714 valence electrons. The molecule has 0 radical (unpaired) electrons. The van der Waals surface area contributed by atoms with Crippen molar-refractivity contribution in [3.8, 4) is 54.5 Å². The number of carboxylic acids is 1. The predicted molar refractivity (Wildman–Crippen MR) is 567 cm³/mol. The molecular weight excluding hydrogens is 1980 g/mol. The number of rotatable bonds is 17. The predicted octanol–water partition coefficient (Wildman–Crippen LogP) is 27.9. The number of nitrogens with zero attached hydrogens (tertiary/aromatic N) is 11. The molecule has 3 atom stereocenters. The van der Waals surface area contributed by atoms with Crippen LogP contribution in [0.3, 0.4) is 0 Å². The summed E-state index contributed by atoms with van der Waals surface area (Å²) in [5.41, 5.74) is 21.7. The van der Waals surface area contributed by atoms with Gasteiger partial charge in [-0.15, -0.1) is 34.0 Å². The molecule has 137 heavy (non-hydrogen) atoms. The van der Waals surface area contributed by atoms with Gasteiger partial charge in [-0.1, -0.05) is 93.2 Å². The van der Waals surface area contributed by atoms with Crippen LogP contribution in [-0.2, 0) is 75.6 Å². The third-order valence-electron chi connectivity index (χ3n) is 24.0. The van der Waals surface area contributed by atoms with Crippen molar-refractivity contribution in [2.24, 2.45) is 28.2 Å². The first-order valence-electron chi connectivity index (χ1n) is 45.0. The molecule has 1 aliphatic rings. The lowest BCUT2D eigenvalue weighted by atomic mass is 9.79. The van der Waals surface area contributed by atoms with Crippen molar-refractivity contribution in [1.82, 2.24) is 53.2 Å². The summed E-state index contributed by atoms with van der Waals surface area (Å²) in [7, 11) is 7.75. The van der Waals surface area contributed by atoms with Gasteiger partial charge in [0.05, 0.1) is 116 Å². The van der Waals surface area contributed by atoms with Crippen LogP contribution >= 0.6 is 101 Å². The Morgan fingerprint density at radius 2 is 0.701 bits per heavy atom. The second-order valence-corrected chi connectivity index (χ2v) is 44.4. The number of fused-ring (bicyclic) bond motifs is 7. The van der Waals surface area contributed by atoms with Crippen molar-refractivity contribution in [1.29, 1.82) is 0 Å². The van der Waals surface area contributed by atoms with E-state index in [1.165, 1.54) is 16.9 Å². The van der Waals surface area contributed by atoms with Gasteiger partial charge < -0.3 is 56.4 Å². The van der Waals surface area contributed by atoms with Gasteiger partial charge in [-0.25, -0.2) is 49.3 Å². The maximum atomic E-state index is 13.3. The lowest BCUT2D eigenvalue weighted by molar-refractivity contribution is -0.167. The van der Waals surface area contributed by atoms with E-state index in [2.05, 4.69) is 133 Å². The molecule has 1 N–H and O–H groups in total. The van der Waals surface area contributed by atoms with E-state index < -0.39 is 53.0 Å². The van der Waals surface area contributed by atoms with Gasteiger partial charge in [0.15, 0.2) is 22.2 Å². The van der Waals surface area contributed by atoms with E-state index in [0.717, 1.165) is 189 Å². The fraction of sp³-hybridized carbons (Fsp3) is 0.340. The third-order valence-corrected chi connectivity index (χ3v) is 29.1. The maximum Gasteiger partial charge on any atom is 0.494 e. The summed E-state index contributed by atoms with van der Waals surface area (Å²) in [6.07, 6.45) is -2.90. The molecule has 1 fully saturated rings. The number of carbonyl (C=O) groups is 3. The molecule has 0 spiro atoms. The largest absolute Gasteiger partial charge is 0.494 e. The fourth-order valence-corrected chi connectivity index (χ4v) is 20.9. The number of hydrogen-bond donors (Lipinski definition) is 1. The second-order valence-electron chi connectivity index (χ2n) is 37.9. The minimum absolute atomic E-state index is 0.265. The number of aliphatic carboxylic acids is 1. The first-order chi connectivity index (χ1) is 64.4. The van der Waals surface area contributed by atoms with Gasteiger partial charge in [0, 0.05) is 92.2 Å². The number of carbonyl (C=O) groups excluding carboxylic acids is 2. The van der Waals surface area contributed by atoms with E-state index in [9.17, 15) is 19.5 Å². The second kappa shape index (κ2) is 41.0. The fourth-order valence-electron chi connectivity index (χ4n) is 16.4. The summed E-state index contributed by atoms with van der Waals surface area (Å²) >= 11 is 30.2. The van der Waals surface area contributed by atoms with E-state index in [1.807, 2.05) is 272 Å². The van der Waals surface area contributed by atoms with Crippen LogP contribution in [0.2, 0.25) is 15.1 Å².